The lowest BCUT2D eigenvalue weighted by atomic mass is 10.2. The fraction of sp³-hybridized carbons (Fsp3) is 0.294. The van der Waals surface area contributed by atoms with E-state index in [2.05, 4.69) is 23.4 Å². The lowest BCUT2D eigenvalue weighted by molar-refractivity contribution is -0.138. The van der Waals surface area contributed by atoms with Crippen LogP contribution in [0.15, 0.2) is 29.9 Å². The molecule has 0 aliphatic carbocycles. The third kappa shape index (κ3) is 2.70. The van der Waals surface area contributed by atoms with E-state index in [-0.39, 0.29) is 25.5 Å². The summed E-state index contributed by atoms with van der Waals surface area (Å²) in [6.45, 7) is 2.56. The normalized spacial score (nSPS) is 15.0. The minimum absolute atomic E-state index is 0.102. The molecule has 4 rings (SSSR count). The molecule has 4 nitrogen and oxygen atoms in total. The largest absolute Gasteiger partial charge is 0.335 e. The minimum atomic E-state index is -0.894. The van der Waals surface area contributed by atoms with Crippen molar-refractivity contribution in [2.75, 3.05) is 13.1 Å². The van der Waals surface area contributed by atoms with E-state index in [4.69, 9.17) is 11.6 Å². The lowest BCUT2D eigenvalue weighted by Crippen LogP contribution is -2.52. The summed E-state index contributed by atoms with van der Waals surface area (Å²) in [6.07, 6.45) is 2.62. The Morgan fingerprint density at radius 2 is 2.25 bits per heavy atom. The lowest BCUT2D eigenvalue weighted by Gasteiger charge is -2.34. The predicted molar refractivity (Wildman–Crippen MR) is 94.3 cm³/mol. The molecule has 3 aromatic heterocycles. The molecule has 7 heteroatoms. The minimum Gasteiger partial charge on any atom is -0.335 e. The highest BCUT2D eigenvalue weighted by Crippen LogP contribution is 2.31. The van der Waals surface area contributed by atoms with Gasteiger partial charge in [-0.15, -0.1) is 11.3 Å². The molecule has 0 spiro atoms. The first-order valence-corrected chi connectivity index (χ1v) is 8.89. The fourth-order valence-corrected chi connectivity index (χ4v) is 3.99. The van der Waals surface area contributed by atoms with Crippen LogP contribution in [0.4, 0.5) is 4.39 Å². The molecule has 0 aromatic carbocycles. The molecular formula is C17H15ClFN3OS. The molecule has 0 bridgehead atoms. The van der Waals surface area contributed by atoms with Gasteiger partial charge in [-0.3, -0.25) is 9.78 Å². The van der Waals surface area contributed by atoms with E-state index in [1.54, 1.807) is 28.3 Å². The first kappa shape index (κ1) is 15.6. The van der Waals surface area contributed by atoms with Crippen molar-refractivity contribution >= 4 is 39.9 Å². The Hall–Kier alpha value is -1.92. The van der Waals surface area contributed by atoms with Gasteiger partial charge in [-0.25, -0.2) is 4.39 Å². The number of hydrogen-bond donors (Lipinski definition) is 0. The fourth-order valence-electron chi connectivity index (χ4n) is 2.85. The number of halogens is 2. The van der Waals surface area contributed by atoms with Crippen molar-refractivity contribution in [2.45, 2.75) is 19.6 Å². The molecule has 1 fully saturated rings. The number of hydrogen-bond acceptors (Lipinski definition) is 3. The van der Waals surface area contributed by atoms with Gasteiger partial charge in [0.25, 0.3) is 0 Å². The summed E-state index contributed by atoms with van der Waals surface area (Å²) in [5.74, 6) is -0.102. The van der Waals surface area contributed by atoms with E-state index in [9.17, 15) is 9.18 Å². The summed E-state index contributed by atoms with van der Waals surface area (Å²) < 4.78 is 14.7. The van der Waals surface area contributed by atoms with Gasteiger partial charge in [0.05, 0.1) is 23.6 Å². The number of amides is 1. The number of aromatic nitrogens is 2. The first-order chi connectivity index (χ1) is 11.5. The number of nitrogens with zero attached hydrogens (tertiary/aromatic N) is 3. The molecule has 4 heterocycles. The highest BCUT2D eigenvalue weighted by molar-refractivity contribution is 7.13. The highest BCUT2D eigenvalue weighted by atomic mass is 35.5. The summed E-state index contributed by atoms with van der Waals surface area (Å²) >= 11 is 7.91. The van der Waals surface area contributed by atoms with Crippen LogP contribution in [0.1, 0.15) is 5.56 Å². The van der Waals surface area contributed by atoms with Crippen LogP contribution >= 0.6 is 22.9 Å². The zero-order valence-corrected chi connectivity index (χ0v) is 14.6. The third-order valence-corrected chi connectivity index (χ3v) is 5.56. The average molecular weight is 364 g/mol. The van der Waals surface area contributed by atoms with Crippen LogP contribution in [-0.2, 0) is 11.3 Å². The third-order valence-electron chi connectivity index (χ3n) is 4.18. The smallest absolute Gasteiger partial charge is 0.242 e. The second-order valence-corrected chi connectivity index (χ2v) is 7.40. The second kappa shape index (κ2) is 5.86. The van der Waals surface area contributed by atoms with Crippen molar-refractivity contribution in [3.05, 3.63) is 40.5 Å². The van der Waals surface area contributed by atoms with Crippen LogP contribution in [0.2, 0.25) is 5.02 Å². The molecule has 1 aliphatic heterocycles. The van der Waals surface area contributed by atoms with Crippen LogP contribution < -0.4 is 0 Å². The van der Waals surface area contributed by atoms with Gasteiger partial charge in [0.1, 0.15) is 18.2 Å². The molecule has 1 saturated heterocycles. The Labute approximate surface area is 147 Å². The monoisotopic (exact) mass is 363 g/mol. The maximum Gasteiger partial charge on any atom is 0.242 e. The summed E-state index contributed by atoms with van der Waals surface area (Å²) in [6, 6.07) is 4.11. The second-order valence-electron chi connectivity index (χ2n) is 6.08. The van der Waals surface area contributed by atoms with Gasteiger partial charge >= 0.3 is 0 Å². The van der Waals surface area contributed by atoms with Crippen molar-refractivity contribution in [3.8, 4) is 10.4 Å². The maximum absolute atomic E-state index is 12.9. The van der Waals surface area contributed by atoms with Gasteiger partial charge in [0.15, 0.2) is 0 Å². The number of likely N-dealkylation sites (tertiary alicyclic amines) is 1. The van der Waals surface area contributed by atoms with Crippen molar-refractivity contribution in [3.63, 3.8) is 0 Å². The van der Waals surface area contributed by atoms with E-state index in [1.807, 2.05) is 6.07 Å². The number of carbonyl (C=O) groups excluding carboxylic acids is 1. The van der Waals surface area contributed by atoms with Crippen LogP contribution in [0.5, 0.6) is 0 Å². The van der Waals surface area contributed by atoms with E-state index in [0.29, 0.717) is 10.5 Å². The summed E-state index contributed by atoms with van der Waals surface area (Å²) in [5.41, 5.74) is 3.69. The van der Waals surface area contributed by atoms with E-state index >= 15 is 0 Å². The average Bonchev–Trinajstić information content (AvgIpc) is 3.08. The summed E-state index contributed by atoms with van der Waals surface area (Å²) in [7, 11) is 0. The molecule has 0 unspecified atom stereocenters. The van der Waals surface area contributed by atoms with Crippen LogP contribution in [0.3, 0.4) is 0 Å². The van der Waals surface area contributed by atoms with Gasteiger partial charge in [-0.2, -0.15) is 0 Å². The molecular weight excluding hydrogens is 349 g/mol. The van der Waals surface area contributed by atoms with Gasteiger partial charge < -0.3 is 9.47 Å². The van der Waals surface area contributed by atoms with Gasteiger partial charge in [0, 0.05) is 22.8 Å². The number of pyridine rings is 1. The van der Waals surface area contributed by atoms with Crippen molar-refractivity contribution in [1.29, 1.82) is 0 Å². The number of fused-ring (bicyclic) bond motifs is 1. The Kier molecular flexibility index (Phi) is 3.81. The molecule has 0 saturated carbocycles. The number of thiophene rings is 1. The summed E-state index contributed by atoms with van der Waals surface area (Å²) in [4.78, 5) is 19.3. The maximum atomic E-state index is 12.9. The number of alkyl halides is 1. The molecule has 1 aliphatic rings. The molecule has 24 heavy (non-hydrogen) atoms. The van der Waals surface area contributed by atoms with Gasteiger partial charge in [-0.1, -0.05) is 11.6 Å². The van der Waals surface area contributed by atoms with Crippen LogP contribution in [0, 0.1) is 6.92 Å². The molecule has 0 atom stereocenters. The Morgan fingerprint density at radius 1 is 1.46 bits per heavy atom. The topological polar surface area (TPSA) is 38.1 Å². The molecule has 0 N–H and O–H groups in total. The number of carbonyl (C=O) groups is 1. The highest BCUT2D eigenvalue weighted by Gasteiger charge is 2.30. The SMILES string of the molecule is Cc1csc(-c2cnc3c(Cl)cn(CC(=O)N4CC(F)C4)c3c2)c1. The van der Waals surface area contributed by atoms with Gasteiger partial charge in [0.2, 0.25) is 5.91 Å². The predicted octanol–water partition coefficient (Wildman–Crippen LogP) is 3.91. The summed E-state index contributed by atoms with van der Waals surface area (Å²) in [5, 5.41) is 2.60. The first-order valence-electron chi connectivity index (χ1n) is 7.63. The molecule has 3 aromatic rings. The zero-order chi connectivity index (χ0) is 16.8. The number of aryl methyl sites for hydroxylation is 1. The van der Waals surface area contributed by atoms with Gasteiger partial charge in [-0.05, 0) is 30.0 Å². The zero-order valence-electron chi connectivity index (χ0n) is 13.0. The van der Waals surface area contributed by atoms with Crippen molar-refractivity contribution < 1.29 is 9.18 Å². The van der Waals surface area contributed by atoms with Crippen molar-refractivity contribution in [1.82, 2.24) is 14.5 Å². The van der Waals surface area contributed by atoms with Crippen LogP contribution in [-0.4, -0.2) is 39.6 Å². The van der Waals surface area contributed by atoms with E-state index in [1.165, 1.54) is 10.5 Å². The molecule has 124 valence electrons. The standard InChI is InChI=1S/C17H15ClFN3OS/c1-10-2-15(24-9-10)11-3-14-17(20-4-11)13(18)7-21(14)8-16(23)22-5-12(19)6-22/h2-4,7,9,12H,5-6,8H2,1H3. The molecule has 1 amide bonds. The Balaban J connectivity index is 1.68. The Bertz CT molecular complexity index is 929. The van der Waals surface area contributed by atoms with E-state index < -0.39 is 6.17 Å². The number of rotatable bonds is 3. The van der Waals surface area contributed by atoms with Crippen LogP contribution in [0.25, 0.3) is 21.5 Å². The van der Waals surface area contributed by atoms with E-state index in [0.717, 1.165) is 16.0 Å². The molecule has 0 radical (unpaired) electrons. The Morgan fingerprint density at radius 3 is 2.92 bits per heavy atom. The quantitative estimate of drug-likeness (QED) is 0.707. The van der Waals surface area contributed by atoms with Crippen molar-refractivity contribution in [2.24, 2.45) is 0 Å².